The van der Waals surface area contributed by atoms with Gasteiger partial charge in [0.05, 0.1) is 21.2 Å². The predicted octanol–water partition coefficient (Wildman–Crippen LogP) is 5.67. The fraction of sp³-hybridized carbons (Fsp3) is 0.273. The molecule has 0 aliphatic carbocycles. The first-order valence-corrected chi connectivity index (χ1v) is 17.2. The van der Waals surface area contributed by atoms with Crippen molar-refractivity contribution in [1.29, 1.82) is 0 Å². The second-order valence-corrected chi connectivity index (χ2v) is 15.1. The molecule has 4 aromatic carbocycles. The van der Waals surface area contributed by atoms with E-state index < -0.39 is 32.4 Å². The summed E-state index contributed by atoms with van der Waals surface area (Å²) in [6.45, 7) is 5.07. The SMILES string of the molecule is Cc1ccc(S(=O)(=O)N2c3ccccc3[C@H]3N(CCCN(C)C)[C@@H]2c2ccccc2N3S(=O)(=O)c2ccc(C)cc2)cc1. The van der Waals surface area contributed by atoms with Gasteiger partial charge in [0.15, 0.2) is 0 Å². The van der Waals surface area contributed by atoms with Crippen LogP contribution in [0.2, 0.25) is 0 Å². The van der Waals surface area contributed by atoms with Gasteiger partial charge in [-0.1, -0.05) is 71.8 Å². The minimum absolute atomic E-state index is 0.187. The van der Waals surface area contributed by atoms with E-state index in [1.807, 2.05) is 57.1 Å². The lowest BCUT2D eigenvalue weighted by Crippen LogP contribution is -2.59. The maximum absolute atomic E-state index is 14.6. The van der Waals surface area contributed by atoms with Gasteiger partial charge in [-0.25, -0.2) is 25.4 Å². The molecule has 2 bridgehead atoms. The lowest BCUT2D eigenvalue weighted by Gasteiger charge is -2.56. The van der Waals surface area contributed by atoms with Gasteiger partial charge in [-0.2, -0.15) is 0 Å². The van der Waals surface area contributed by atoms with Crippen molar-refractivity contribution in [3.05, 3.63) is 119 Å². The summed E-state index contributed by atoms with van der Waals surface area (Å²) >= 11 is 0. The number of sulfonamides is 2. The monoisotopic (exact) mass is 616 g/mol. The van der Waals surface area contributed by atoms with Gasteiger partial charge in [0.25, 0.3) is 20.0 Å². The van der Waals surface area contributed by atoms with Crippen molar-refractivity contribution in [3.63, 3.8) is 0 Å². The molecule has 0 unspecified atom stereocenters. The Morgan fingerprint density at radius 2 is 1.00 bits per heavy atom. The number of hydrogen-bond acceptors (Lipinski definition) is 6. The number of anilines is 2. The smallest absolute Gasteiger partial charge is 0.265 e. The van der Waals surface area contributed by atoms with Crippen LogP contribution < -0.4 is 8.61 Å². The molecule has 0 saturated carbocycles. The minimum Gasteiger partial charge on any atom is -0.309 e. The molecule has 43 heavy (non-hydrogen) atoms. The molecule has 2 aliphatic heterocycles. The second kappa shape index (κ2) is 11.1. The van der Waals surface area contributed by atoms with Gasteiger partial charge in [0, 0.05) is 17.7 Å². The molecule has 224 valence electrons. The number of rotatable bonds is 8. The molecule has 0 N–H and O–H groups in total. The first-order chi connectivity index (χ1) is 20.5. The summed E-state index contributed by atoms with van der Waals surface area (Å²) in [4.78, 5) is 4.48. The Bertz CT molecular complexity index is 1730. The van der Waals surface area contributed by atoms with Crippen LogP contribution in [0.1, 0.15) is 41.0 Å². The predicted molar refractivity (Wildman–Crippen MR) is 170 cm³/mol. The summed E-state index contributed by atoms with van der Waals surface area (Å²) in [6.07, 6.45) is -0.802. The van der Waals surface area contributed by atoms with Crippen LogP contribution in [-0.4, -0.2) is 53.8 Å². The van der Waals surface area contributed by atoms with E-state index in [2.05, 4.69) is 4.90 Å². The number of aryl methyl sites for hydroxylation is 2. The molecule has 0 spiro atoms. The standard InChI is InChI=1S/C33H36N4O4S2/c1-24-14-18-26(19-15-24)42(38,39)36-30-12-7-5-10-28(30)33-35(23-9-22-34(3)4)32(36)29-11-6-8-13-31(29)37(33)43(40,41)27-20-16-25(2)17-21-27/h5-8,10-21,32-33H,9,22-23H2,1-4H3/t32-,33-/m0/s1. The van der Waals surface area contributed by atoms with Crippen molar-refractivity contribution in [2.45, 2.75) is 42.4 Å². The third-order valence-electron chi connectivity index (χ3n) is 8.15. The van der Waals surface area contributed by atoms with Crippen LogP contribution in [0.4, 0.5) is 11.4 Å². The maximum Gasteiger partial charge on any atom is 0.265 e. The summed E-state index contributed by atoms with van der Waals surface area (Å²) in [5.41, 5.74) is 4.10. The van der Waals surface area contributed by atoms with E-state index in [1.54, 1.807) is 72.8 Å². The van der Waals surface area contributed by atoms with Gasteiger partial charge >= 0.3 is 0 Å². The fourth-order valence-electron chi connectivity index (χ4n) is 6.07. The van der Waals surface area contributed by atoms with Crippen LogP contribution in [0.5, 0.6) is 0 Å². The van der Waals surface area contributed by atoms with Crippen LogP contribution in [0.25, 0.3) is 0 Å². The topological polar surface area (TPSA) is 81.2 Å². The van der Waals surface area contributed by atoms with Gasteiger partial charge in [-0.15, -0.1) is 0 Å². The Morgan fingerprint density at radius 3 is 1.40 bits per heavy atom. The molecule has 2 aliphatic rings. The number of para-hydroxylation sites is 2. The summed E-state index contributed by atoms with van der Waals surface area (Å²) in [5.74, 6) is 0. The zero-order chi connectivity index (χ0) is 30.5. The highest BCUT2D eigenvalue weighted by Gasteiger charge is 2.54. The van der Waals surface area contributed by atoms with Crippen molar-refractivity contribution in [2.75, 3.05) is 35.8 Å². The van der Waals surface area contributed by atoms with E-state index in [0.29, 0.717) is 35.5 Å². The molecule has 10 heteroatoms. The van der Waals surface area contributed by atoms with Gasteiger partial charge in [-0.3, -0.25) is 4.90 Å². The largest absolute Gasteiger partial charge is 0.309 e. The van der Waals surface area contributed by atoms with Gasteiger partial charge < -0.3 is 4.90 Å². The van der Waals surface area contributed by atoms with E-state index in [4.69, 9.17) is 0 Å². The number of nitrogens with zero attached hydrogens (tertiary/aromatic N) is 4. The first-order valence-electron chi connectivity index (χ1n) is 14.3. The lowest BCUT2D eigenvalue weighted by atomic mass is 9.95. The van der Waals surface area contributed by atoms with E-state index in [0.717, 1.165) is 17.7 Å². The molecule has 0 aromatic heterocycles. The highest BCUT2D eigenvalue weighted by molar-refractivity contribution is 7.93. The van der Waals surface area contributed by atoms with E-state index in [-0.39, 0.29) is 9.79 Å². The zero-order valence-corrected chi connectivity index (χ0v) is 26.4. The normalized spacial score (nSPS) is 18.4. The van der Waals surface area contributed by atoms with Crippen molar-refractivity contribution in [1.82, 2.24) is 9.80 Å². The molecule has 0 amide bonds. The van der Waals surface area contributed by atoms with Crippen LogP contribution in [-0.2, 0) is 20.0 Å². The second-order valence-electron chi connectivity index (χ2n) is 11.5. The number of hydrogen-bond donors (Lipinski definition) is 0. The van der Waals surface area contributed by atoms with Crippen LogP contribution in [0.15, 0.2) is 107 Å². The molecule has 0 saturated heterocycles. The highest BCUT2D eigenvalue weighted by atomic mass is 32.2. The average molecular weight is 617 g/mol. The molecule has 0 radical (unpaired) electrons. The van der Waals surface area contributed by atoms with Crippen molar-refractivity contribution in [2.24, 2.45) is 0 Å². The maximum atomic E-state index is 14.6. The molecular formula is C33H36N4O4S2. The molecule has 4 aromatic rings. The summed E-state index contributed by atoms with van der Waals surface area (Å²) in [7, 11) is -4.13. The van der Waals surface area contributed by atoms with Gasteiger partial charge in [-0.05, 0) is 77.3 Å². The first kappa shape index (κ1) is 29.4. The van der Waals surface area contributed by atoms with Gasteiger partial charge in [0.1, 0.15) is 12.3 Å². The molecule has 0 fully saturated rings. The third-order valence-corrected chi connectivity index (χ3v) is 11.7. The van der Waals surface area contributed by atoms with Crippen LogP contribution in [0, 0.1) is 13.8 Å². The quantitative estimate of drug-likeness (QED) is 0.254. The number of benzene rings is 4. The third kappa shape index (κ3) is 5.02. The molecule has 8 nitrogen and oxygen atoms in total. The lowest BCUT2D eigenvalue weighted by molar-refractivity contribution is 0.118. The summed E-state index contributed by atoms with van der Waals surface area (Å²) in [6, 6.07) is 28.3. The Hall–Kier alpha value is -3.70. The average Bonchev–Trinajstić information content (AvgIpc) is 2.97. The Kier molecular flexibility index (Phi) is 7.58. The van der Waals surface area contributed by atoms with Crippen LogP contribution >= 0.6 is 0 Å². The summed E-state index contributed by atoms with van der Waals surface area (Å²) < 4.78 is 61.3. The van der Waals surface area contributed by atoms with E-state index in [1.165, 1.54) is 8.61 Å². The Labute approximate surface area is 254 Å². The molecular weight excluding hydrogens is 581 g/mol. The molecule has 2 heterocycles. The van der Waals surface area contributed by atoms with E-state index >= 15 is 0 Å². The van der Waals surface area contributed by atoms with Crippen molar-refractivity contribution < 1.29 is 16.8 Å². The van der Waals surface area contributed by atoms with Crippen molar-refractivity contribution in [3.8, 4) is 0 Å². The zero-order valence-electron chi connectivity index (χ0n) is 24.8. The summed E-state index contributed by atoms with van der Waals surface area (Å²) in [5, 5.41) is 0. The molecule has 6 rings (SSSR count). The van der Waals surface area contributed by atoms with E-state index in [9.17, 15) is 16.8 Å². The van der Waals surface area contributed by atoms with Crippen molar-refractivity contribution >= 4 is 31.4 Å². The molecule has 2 atom stereocenters. The van der Waals surface area contributed by atoms with Gasteiger partial charge in [0.2, 0.25) is 0 Å². The Balaban J connectivity index is 1.62. The highest BCUT2D eigenvalue weighted by Crippen LogP contribution is 2.56. The fourth-order valence-corrected chi connectivity index (χ4v) is 9.33. The number of fused-ring (bicyclic) bond motifs is 6. The minimum atomic E-state index is -4.06. The Morgan fingerprint density at radius 1 is 0.605 bits per heavy atom. The van der Waals surface area contributed by atoms with Crippen LogP contribution in [0.3, 0.4) is 0 Å².